The molecular weight excluding hydrogens is 320 g/mol. The number of sulfonamides is 1. The van der Waals surface area contributed by atoms with Crippen LogP contribution in [0.3, 0.4) is 0 Å². The summed E-state index contributed by atoms with van der Waals surface area (Å²) in [7, 11) is -3.61. The van der Waals surface area contributed by atoms with Gasteiger partial charge in [-0.2, -0.15) is 0 Å². The van der Waals surface area contributed by atoms with Crippen LogP contribution in [0.1, 0.15) is 19.4 Å². The SMILES string of the molecule is Cc1ccc(NS(=O)(=O)CCNC(=O)C(O)C(C)(C)CO)cc1. The van der Waals surface area contributed by atoms with E-state index in [1.807, 2.05) is 6.92 Å². The Hall–Kier alpha value is -1.64. The second-order valence-corrected chi connectivity index (χ2v) is 7.97. The minimum Gasteiger partial charge on any atom is -0.396 e. The van der Waals surface area contributed by atoms with Gasteiger partial charge in [-0.25, -0.2) is 8.42 Å². The summed E-state index contributed by atoms with van der Waals surface area (Å²) in [6.45, 7) is 4.46. The largest absolute Gasteiger partial charge is 0.396 e. The van der Waals surface area contributed by atoms with Crippen molar-refractivity contribution in [2.75, 3.05) is 23.6 Å². The molecule has 0 bridgehead atoms. The van der Waals surface area contributed by atoms with Crippen LogP contribution < -0.4 is 10.0 Å². The first-order valence-electron chi connectivity index (χ1n) is 7.21. The quantitative estimate of drug-likeness (QED) is 0.539. The van der Waals surface area contributed by atoms with E-state index in [4.69, 9.17) is 5.11 Å². The van der Waals surface area contributed by atoms with E-state index < -0.39 is 27.4 Å². The van der Waals surface area contributed by atoms with Gasteiger partial charge < -0.3 is 15.5 Å². The Kier molecular flexibility index (Phi) is 6.55. The fourth-order valence-electron chi connectivity index (χ4n) is 1.70. The molecule has 0 fully saturated rings. The molecule has 1 unspecified atom stereocenters. The number of carbonyl (C=O) groups excluding carboxylic acids is 1. The highest BCUT2D eigenvalue weighted by molar-refractivity contribution is 7.92. The number of benzene rings is 1. The molecule has 0 spiro atoms. The van der Waals surface area contributed by atoms with E-state index in [0.717, 1.165) is 5.56 Å². The normalized spacial score (nSPS) is 13.4. The van der Waals surface area contributed by atoms with Gasteiger partial charge in [-0.05, 0) is 19.1 Å². The van der Waals surface area contributed by atoms with E-state index in [1.165, 1.54) is 13.8 Å². The average Bonchev–Trinajstić information content (AvgIpc) is 2.48. The standard InChI is InChI=1S/C15H24N2O5S/c1-11-4-6-12(7-5-11)17-23(21,22)9-8-16-14(20)13(19)15(2,3)10-18/h4-7,13,17-19H,8-10H2,1-3H3,(H,16,20). The minimum absolute atomic E-state index is 0.140. The molecule has 0 aliphatic heterocycles. The van der Waals surface area contributed by atoms with Crippen molar-refractivity contribution in [3.8, 4) is 0 Å². The van der Waals surface area contributed by atoms with Crippen molar-refractivity contribution in [2.24, 2.45) is 5.41 Å². The third-order valence-corrected chi connectivity index (χ3v) is 4.68. The maximum atomic E-state index is 11.9. The van der Waals surface area contributed by atoms with E-state index in [0.29, 0.717) is 5.69 Å². The van der Waals surface area contributed by atoms with Gasteiger partial charge in [-0.3, -0.25) is 9.52 Å². The highest BCUT2D eigenvalue weighted by Gasteiger charge is 2.32. The molecule has 0 heterocycles. The molecule has 0 aromatic heterocycles. The number of carbonyl (C=O) groups is 1. The van der Waals surface area contributed by atoms with Crippen LogP contribution in [0.15, 0.2) is 24.3 Å². The maximum Gasteiger partial charge on any atom is 0.249 e. The van der Waals surface area contributed by atoms with Gasteiger partial charge in [0.1, 0.15) is 6.10 Å². The molecule has 1 rings (SSSR count). The lowest BCUT2D eigenvalue weighted by atomic mass is 9.87. The number of hydrogen-bond donors (Lipinski definition) is 4. The second kappa shape index (κ2) is 7.76. The van der Waals surface area contributed by atoms with E-state index >= 15 is 0 Å². The van der Waals surface area contributed by atoms with Crippen LogP contribution in [0.5, 0.6) is 0 Å². The van der Waals surface area contributed by atoms with Crippen LogP contribution in [0.2, 0.25) is 0 Å². The Balaban J connectivity index is 2.51. The molecule has 1 aromatic carbocycles. The molecule has 0 aliphatic rings. The molecule has 130 valence electrons. The fraction of sp³-hybridized carbons (Fsp3) is 0.533. The Labute approximate surface area is 136 Å². The van der Waals surface area contributed by atoms with Crippen LogP contribution in [-0.4, -0.2) is 49.5 Å². The lowest BCUT2D eigenvalue weighted by Gasteiger charge is -2.27. The van der Waals surface area contributed by atoms with Gasteiger partial charge in [0.05, 0.1) is 12.4 Å². The summed E-state index contributed by atoms with van der Waals surface area (Å²) in [6, 6.07) is 6.87. The van der Waals surface area contributed by atoms with Crippen molar-refractivity contribution >= 4 is 21.6 Å². The van der Waals surface area contributed by atoms with Crippen molar-refractivity contribution in [2.45, 2.75) is 26.9 Å². The molecule has 23 heavy (non-hydrogen) atoms. The number of aryl methyl sites for hydroxylation is 1. The second-order valence-electron chi connectivity index (χ2n) is 6.13. The van der Waals surface area contributed by atoms with Crippen molar-refractivity contribution in [3.05, 3.63) is 29.8 Å². The summed E-state index contributed by atoms with van der Waals surface area (Å²) in [4.78, 5) is 11.7. The highest BCUT2D eigenvalue weighted by Crippen LogP contribution is 2.19. The number of aliphatic hydroxyl groups excluding tert-OH is 2. The molecule has 8 heteroatoms. The van der Waals surface area contributed by atoms with Gasteiger partial charge in [0.25, 0.3) is 0 Å². The van der Waals surface area contributed by atoms with Crippen molar-refractivity contribution < 1.29 is 23.4 Å². The number of rotatable bonds is 8. The van der Waals surface area contributed by atoms with E-state index in [9.17, 15) is 18.3 Å². The number of hydrogen-bond acceptors (Lipinski definition) is 5. The van der Waals surface area contributed by atoms with Gasteiger partial charge >= 0.3 is 0 Å². The van der Waals surface area contributed by atoms with Gasteiger partial charge in [-0.1, -0.05) is 31.5 Å². The van der Waals surface area contributed by atoms with E-state index in [-0.39, 0.29) is 18.9 Å². The van der Waals surface area contributed by atoms with Gasteiger partial charge in [0.15, 0.2) is 0 Å². The summed E-state index contributed by atoms with van der Waals surface area (Å²) in [5, 5.41) is 21.3. The first-order valence-corrected chi connectivity index (χ1v) is 8.86. The number of amides is 1. The monoisotopic (exact) mass is 344 g/mol. The summed E-state index contributed by atoms with van der Waals surface area (Å²) >= 11 is 0. The molecule has 1 amide bonds. The summed E-state index contributed by atoms with van der Waals surface area (Å²) < 4.78 is 26.3. The van der Waals surface area contributed by atoms with Crippen LogP contribution in [0, 0.1) is 12.3 Å². The van der Waals surface area contributed by atoms with Crippen LogP contribution in [-0.2, 0) is 14.8 Å². The average molecular weight is 344 g/mol. The van der Waals surface area contributed by atoms with Crippen molar-refractivity contribution in [1.82, 2.24) is 5.32 Å². The summed E-state index contributed by atoms with van der Waals surface area (Å²) in [6.07, 6.45) is -1.42. The molecule has 0 saturated heterocycles. The van der Waals surface area contributed by atoms with Crippen LogP contribution >= 0.6 is 0 Å². The molecule has 0 radical (unpaired) electrons. The molecule has 7 nitrogen and oxygen atoms in total. The number of aliphatic hydroxyl groups is 2. The Bertz CT molecular complexity index is 626. The Morgan fingerprint density at radius 2 is 1.83 bits per heavy atom. The van der Waals surface area contributed by atoms with E-state index in [1.54, 1.807) is 24.3 Å². The third-order valence-electron chi connectivity index (χ3n) is 3.39. The third kappa shape index (κ3) is 6.17. The number of nitrogens with one attached hydrogen (secondary N) is 2. The van der Waals surface area contributed by atoms with Crippen molar-refractivity contribution in [3.63, 3.8) is 0 Å². The van der Waals surface area contributed by atoms with Crippen molar-refractivity contribution in [1.29, 1.82) is 0 Å². The molecular formula is C15H24N2O5S. The van der Waals surface area contributed by atoms with Gasteiger partial charge in [-0.15, -0.1) is 0 Å². The number of anilines is 1. The minimum atomic E-state index is -3.61. The Morgan fingerprint density at radius 3 is 2.35 bits per heavy atom. The summed E-state index contributed by atoms with van der Waals surface area (Å²) in [5.41, 5.74) is 0.465. The predicted molar refractivity (Wildman–Crippen MR) is 88.5 cm³/mol. The smallest absolute Gasteiger partial charge is 0.249 e. The molecule has 1 atom stereocenters. The van der Waals surface area contributed by atoms with Gasteiger partial charge in [0, 0.05) is 17.6 Å². The first-order chi connectivity index (χ1) is 10.6. The predicted octanol–water partition coefficient (Wildman–Crippen LogP) is 0.232. The zero-order valence-corrected chi connectivity index (χ0v) is 14.4. The first kappa shape index (κ1) is 19.4. The molecule has 4 N–H and O–H groups in total. The summed E-state index contributed by atoms with van der Waals surface area (Å²) in [5.74, 6) is -1.03. The topological polar surface area (TPSA) is 116 Å². The molecule has 1 aromatic rings. The Morgan fingerprint density at radius 1 is 1.26 bits per heavy atom. The van der Waals surface area contributed by atoms with E-state index in [2.05, 4.69) is 10.0 Å². The lowest BCUT2D eigenvalue weighted by Crippen LogP contribution is -2.46. The zero-order chi connectivity index (χ0) is 17.7. The highest BCUT2D eigenvalue weighted by atomic mass is 32.2. The lowest BCUT2D eigenvalue weighted by molar-refractivity contribution is -0.136. The van der Waals surface area contributed by atoms with Crippen LogP contribution in [0.25, 0.3) is 0 Å². The maximum absolute atomic E-state index is 11.9. The zero-order valence-electron chi connectivity index (χ0n) is 13.5. The molecule has 0 saturated carbocycles. The van der Waals surface area contributed by atoms with Gasteiger partial charge in [0.2, 0.25) is 15.9 Å². The molecule has 0 aliphatic carbocycles. The van der Waals surface area contributed by atoms with Crippen LogP contribution in [0.4, 0.5) is 5.69 Å². The fourth-order valence-corrected chi connectivity index (χ4v) is 2.67.